The molecule has 4 aromatic rings. The Morgan fingerprint density at radius 3 is 2.23 bits per heavy atom. The van der Waals surface area contributed by atoms with Crippen LogP contribution in [0, 0.1) is 0 Å². The van der Waals surface area contributed by atoms with Crippen LogP contribution in [-0.2, 0) is 13.0 Å². The number of aromatic nitrogens is 1. The third kappa shape index (κ3) is 3.44. The number of hydrogen-bond acceptors (Lipinski definition) is 1. The van der Waals surface area contributed by atoms with Gasteiger partial charge in [0.15, 0.2) is 0 Å². The molecule has 156 valence electrons. The Kier molecular flexibility index (Phi) is 5.33. The van der Waals surface area contributed by atoms with Gasteiger partial charge in [0.05, 0.1) is 11.2 Å². The summed E-state index contributed by atoms with van der Waals surface area (Å²) >= 11 is 0. The van der Waals surface area contributed by atoms with Crippen LogP contribution in [0.2, 0.25) is 0 Å². The van der Waals surface area contributed by atoms with Crippen molar-refractivity contribution in [3.05, 3.63) is 107 Å². The Morgan fingerprint density at radius 2 is 1.48 bits per heavy atom. The number of rotatable bonds is 7. The fourth-order valence-corrected chi connectivity index (χ4v) is 4.93. The standard InChI is InChI=1S/C28H28N2O/c1-2-3-6-18-24-23-17-11-12-19-25(23)30-27(24)26(22-15-9-5-10-16-22)29(28(30)31)20-21-13-7-4-8-14-21/h4-5,7-17,19,26H,2-3,6,18,20H2,1H3. The predicted molar refractivity (Wildman–Crippen MR) is 126 cm³/mol. The van der Waals surface area contributed by atoms with Crippen molar-refractivity contribution < 1.29 is 4.79 Å². The number of carbonyl (C=O) groups excluding carboxylic acids is 1. The number of nitrogens with zero attached hydrogens (tertiary/aromatic N) is 2. The normalized spacial score (nSPS) is 15.6. The highest BCUT2D eigenvalue weighted by atomic mass is 16.2. The quantitative estimate of drug-likeness (QED) is 0.304. The van der Waals surface area contributed by atoms with E-state index >= 15 is 0 Å². The monoisotopic (exact) mass is 408 g/mol. The van der Waals surface area contributed by atoms with Gasteiger partial charge in [-0.05, 0) is 35.6 Å². The Labute approximate surface area is 183 Å². The summed E-state index contributed by atoms with van der Waals surface area (Å²) in [5, 5.41) is 1.22. The molecule has 1 aliphatic heterocycles. The Bertz CT molecular complexity index is 1190. The van der Waals surface area contributed by atoms with Crippen LogP contribution in [0.3, 0.4) is 0 Å². The minimum Gasteiger partial charge on any atom is -0.307 e. The van der Waals surface area contributed by atoms with Gasteiger partial charge in [-0.1, -0.05) is 98.6 Å². The van der Waals surface area contributed by atoms with Crippen LogP contribution in [0.25, 0.3) is 10.9 Å². The lowest BCUT2D eigenvalue weighted by atomic mass is 9.95. The van der Waals surface area contributed by atoms with Crippen molar-refractivity contribution in [3.63, 3.8) is 0 Å². The van der Waals surface area contributed by atoms with Gasteiger partial charge in [0.1, 0.15) is 6.04 Å². The van der Waals surface area contributed by atoms with Crippen LogP contribution in [0.15, 0.2) is 84.9 Å². The molecule has 0 spiro atoms. The summed E-state index contributed by atoms with van der Waals surface area (Å²) in [6, 6.07) is 29.2. The lowest BCUT2D eigenvalue weighted by Crippen LogP contribution is -2.29. The highest BCUT2D eigenvalue weighted by molar-refractivity contribution is 5.98. The smallest absolute Gasteiger partial charge is 0.307 e. The summed E-state index contributed by atoms with van der Waals surface area (Å²) < 4.78 is 1.98. The second-order valence-electron chi connectivity index (χ2n) is 8.38. The fourth-order valence-electron chi connectivity index (χ4n) is 4.93. The molecule has 1 aliphatic rings. The minimum atomic E-state index is -0.0714. The molecule has 1 aromatic heterocycles. The molecule has 3 nitrogen and oxygen atoms in total. The highest BCUT2D eigenvalue weighted by Gasteiger charge is 2.41. The van der Waals surface area contributed by atoms with Crippen molar-refractivity contribution in [2.45, 2.75) is 45.2 Å². The van der Waals surface area contributed by atoms with Crippen LogP contribution in [0.5, 0.6) is 0 Å². The first-order valence-corrected chi connectivity index (χ1v) is 11.3. The van der Waals surface area contributed by atoms with E-state index in [0.29, 0.717) is 6.54 Å². The number of carbonyl (C=O) groups is 1. The van der Waals surface area contributed by atoms with Gasteiger partial charge in [-0.3, -0.25) is 4.57 Å². The molecular formula is C28H28N2O. The summed E-state index contributed by atoms with van der Waals surface area (Å²) in [6.07, 6.45) is 4.55. The molecule has 0 aliphatic carbocycles. The second kappa shape index (κ2) is 8.43. The van der Waals surface area contributed by atoms with E-state index in [-0.39, 0.29) is 12.1 Å². The molecule has 0 saturated heterocycles. The first kappa shape index (κ1) is 19.6. The van der Waals surface area contributed by atoms with Gasteiger partial charge in [0, 0.05) is 11.9 Å². The summed E-state index contributed by atoms with van der Waals surface area (Å²) in [6.45, 7) is 2.84. The molecule has 0 N–H and O–H groups in total. The Morgan fingerprint density at radius 1 is 0.806 bits per heavy atom. The molecule has 3 aromatic carbocycles. The van der Waals surface area contributed by atoms with E-state index in [2.05, 4.69) is 61.5 Å². The molecule has 3 heteroatoms. The van der Waals surface area contributed by atoms with Gasteiger partial charge in [0.2, 0.25) is 0 Å². The number of para-hydroxylation sites is 1. The first-order chi connectivity index (χ1) is 15.3. The van der Waals surface area contributed by atoms with Crippen LogP contribution >= 0.6 is 0 Å². The minimum absolute atomic E-state index is 0.0714. The molecule has 0 radical (unpaired) electrons. The fraction of sp³-hybridized carbons (Fsp3) is 0.250. The number of hydrogen-bond donors (Lipinski definition) is 0. The maximum atomic E-state index is 13.8. The molecule has 2 heterocycles. The highest BCUT2D eigenvalue weighted by Crippen LogP contribution is 2.43. The average Bonchev–Trinajstić information content (AvgIpc) is 3.28. The zero-order chi connectivity index (χ0) is 21.2. The molecule has 1 unspecified atom stereocenters. The zero-order valence-corrected chi connectivity index (χ0v) is 18.0. The van der Waals surface area contributed by atoms with Gasteiger partial charge in [-0.25, -0.2) is 4.79 Å². The van der Waals surface area contributed by atoms with Crippen molar-refractivity contribution in [1.29, 1.82) is 0 Å². The van der Waals surface area contributed by atoms with Gasteiger partial charge >= 0.3 is 6.03 Å². The molecule has 0 saturated carbocycles. The van der Waals surface area contributed by atoms with E-state index in [9.17, 15) is 4.79 Å². The van der Waals surface area contributed by atoms with Gasteiger partial charge in [-0.2, -0.15) is 0 Å². The van der Waals surface area contributed by atoms with Crippen molar-refractivity contribution in [2.75, 3.05) is 0 Å². The third-order valence-electron chi connectivity index (χ3n) is 6.37. The summed E-state index contributed by atoms with van der Waals surface area (Å²) in [5.41, 5.74) is 5.85. The van der Waals surface area contributed by atoms with Crippen LogP contribution in [0.1, 0.15) is 54.6 Å². The molecule has 1 amide bonds. The summed E-state index contributed by atoms with van der Waals surface area (Å²) in [7, 11) is 0. The molecular weight excluding hydrogens is 380 g/mol. The largest absolute Gasteiger partial charge is 0.330 e. The Hall–Kier alpha value is -3.33. The molecule has 1 atom stereocenters. The van der Waals surface area contributed by atoms with Crippen LogP contribution < -0.4 is 0 Å². The third-order valence-corrected chi connectivity index (χ3v) is 6.37. The van der Waals surface area contributed by atoms with Crippen molar-refractivity contribution in [3.8, 4) is 0 Å². The number of aryl methyl sites for hydroxylation is 1. The number of amides is 1. The summed E-state index contributed by atoms with van der Waals surface area (Å²) in [4.78, 5) is 15.9. The maximum Gasteiger partial charge on any atom is 0.330 e. The van der Waals surface area contributed by atoms with Crippen molar-refractivity contribution in [1.82, 2.24) is 9.47 Å². The SMILES string of the molecule is CCCCCc1c2n(c3ccccc13)C(=O)N(Cc1ccccc1)C2c1ccccc1. The lowest BCUT2D eigenvalue weighted by molar-refractivity contribution is 0.199. The van der Waals surface area contributed by atoms with E-state index in [1.54, 1.807) is 0 Å². The van der Waals surface area contributed by atoms with E-state index in [1.807, 2.05) is 39.8 Å². The molecule has 5 rings (SSSR count). The predicted octanol–water partition coefficient (Wildman–Crippen LogP) is 6.95. The van der Waals surface area contributed by atoms with Crippen molar-refractivity contribution in [2.24, 2.45) is 0 Å². The number of fused-ring (bicyclic) bond motifs is 3. The maximum absolute atomic E-state index is 13.8. The molecule has 0 fully saturated rings. The van der Waals surface area contributed by atoms with Gasteiger partial charge in [-0.15, -0.1) is 0 Å². The summed E-state index contributed by atoms with van der Waals surface area (Å²) in [5.74, 6) is 0. The number of unbranched alkanes of at least 4 members (excludes halogenated alkanes) is 2. The van der Waals surface area contributed by atoms with E-state index in [4.69, 9.17) is 0 Å². The zero-order valence-electron chi connectivity index (χ0n) is 18.0. The topological polar surface area (TPSA) is 25.2 Å². The lowest BCUT2D eigenvalue weighted by Gasteiger charge is -2.25. The number of benzene rings is 3. The van der Waals surface area contributed by atoms with Crippen LogP contribution in [0.4, 0.5) is 4.79 Å². The second-order valence-corrected chi connectivity index (χ2v) is 8.38. The van der Waals surface area contributed by atoms with Crippen molar-refractivity contribution >= 4 is 16.9 Å². The average molecular weight is 409 g/mol. The van der Waals surface area contributed by atoms with Crippen LogP contribution in [-0.4, -0.2) is 15.5 Å². The van der Waals surface area contributed by atoms with E-state index < -0.39 is 0 Å². The van der Waals surface area contributed by atoms with E-state index in [1.165, 1.54) is 29.4 Å². The molecule has 0 bridgehead atoms. The van der Waals surface area contributed by atoms with Gasteiger partial charge in [0.25, 0.3) is 0 Å². The Balaban J connectivity index is 1.68. The van der Waals surface area contributed by atoms with Gasteiger partial charge < -0.3 is 4.90 Å². The van der Waals surface area contributed by atoms with E-state index in [0.717, 1.165) is 29.6 Å². The molecule has 31 heavy (non-hydrogen) atoms. The first-order valence-electron chi connectivity index (χ1n) is 11.3.